The molecule has 0 unspecified atom stereocenters. The number of rotatable bonds is 5. The highest BCUT2D eigenvalue weighted by Gasteiger charge is 2.26. The van der Waals surface area contributed by atoms with E-state index in [0.717, 1.165) is 18.2 Å². The van der Waals surface area contributed by atoms with Gasteiger partial charge in [0.15, 0.2) is 5.76 Å². The summed E-state index contributed by atoms with van der Waals surface area (Å²) < 4.78 is 5.28. The maximum atomic E-state index is 12.8. The van der Waals surface area contributed by atoms with Gasteiger partial charge in [-0.15, -0.1) is 0 Å². The van der Waals surface area contributed by atoms with Gasteiger partial charge in [0.25, 0.3) is 5.91 Å². The van der Waals surface area contributed by atoms with Crippen LogP contribution in [0, 0.1) is 0 Å². The Morgan fingerprint density at radius 2 is 1.73 bits per heavy atom. The molecular formula is C18H23NO3. The molecule has 22 heavy (non-hydrogen) atoms. The van der Waals surface area contributed by atoms with Crippen molar-refractivity contribution < 1.29 is 9.21 Å². The molecule has 1 aromatic heterocycles. The van der Waals surface area contributed by atoms with E-state index in [1.165, 1.54) is 0 Å². The van der Waals surface area contributed by atoms with Gasteiger partial charge in [0.2, 0.25) is 0 Å². The predicted octanol–water partition coefficient (Wildman–Crippen LogP) is 3.83. The van der Waals surface area contributed by atoms with E-state index in [2.05, 4.69) is 0 Å². The molecule has 4 nitrogen and oxygen atoms in total. The summed E-state index contributed by atoms with van der Waals surface area (Å²) in [7, 11) is 0. The zero-order valence-electron chi connectivity index (χ0n) is 13.6. The summed E-state index contributed by atoms with van der Waals surface area (Å²) in [6.45, 7) is 8.13. The summed E-state index contributed by atoms with van der Waals surface area (Å²) in [5.41, 5.74) is -0.463. The van der Waals surface area contributed by atoms with Crippen LogP contribution in [0.2, 0.25) is 0 Å². The lowest BCUT2D eigenvalue weighted by molar-refractivity contribution is 0.0561. The summed E-state index contributed by atoms with van der Waals surface area (Å²) in [4.78, 5) is 26.7. The van der Waals surface area contributed by atoms with Crippen LogP contribution in [0.1, 0.15) is 51.1 Å². The van der Waals surface area contributed by atoms with Crippen molar-refractivity contribution in [1.82, 2.24) is 4.90 Å². The lowest BCUT2D eigenvalue weighted by Gasteiger charge is -2.33. The Morgan fingerprint density at radius 1 is 1.14 bits per heavy atom. The molecule has 0 N–H and O–H groups in total. The van der Waals surface area contributed by atoms with E-state index in [-0.39, 0.29) is 23.8 Å². The Morgan fingerprint density at radius 3 is 2.32 bits per heavy atom. The molecule has 118 valence electrons. The van der Waals surface area contributed by atoms with Gasteiger partial charge in [-0.05, 0) is 44.2 Å². The maximum absolute atomic E-state index is 12.8. The summed E-state index contributed by atoms with van der Waals surface area (Å²) in [6, 6.07) is 9.01. The van der Waals surface area contributed by atoms with Crippen molar-refractivity contribution in [3.05, 3.63) is 46.5 Å². The average molecular weight is 301 g/mol. The summed E-state index contributed by atoms with van der Waals surface area (Å²) in [5.74, 6) is -0.101. The standard InChI is InChI=1S/C18H23NO3/c1-5-12(3)19(13(4)6-2)17(20)16-11-14-9-7-8-10-15(14)18(21)22-16/h7-13H,5-6H2,1-4H3/t12-,13+. The molecule has 0 spiro atoms. The van der Waals surface area contributed by atoms with Gasteiger partial charge in [0.1, 0.15) is 0 Å². The fraction of sp³-hybridized carbons (Fsp3) is 0.444. The van der Waals surface area contributed by atoms with Crippen LogP contribution >= 0.6 is 0 Å². The predicted molar refractivity (Wildman–Crippen MR) is 88.2 cm³/mol. The number of carbonyl (C=O) groups is 1. The topological polar surface area (TPSA) is 50.5 Å². The minimum absolute atomic E-state index is 0.0965. The molecule has 0 saturated carbocycles. The normalized spacial score (nSPS) is 13.8. The van der Waals surface area contributed by atoms with Gasteiger partial charge < -0.3 is 9.32 Å². The molecule has 2 atom stereocenters. The number of amides is 1. The zero-order chi connectivity index (χ0) is 16.3. The van der Waals surface area contributed by atoms with Crippen molar-refractivity contribution in [2.24, 2.45) is 0 Å². The molecule has 0 fully saturated rings. The largest absolute Gasteiger partial charge is 0.417 e. The lowest BCUT2D eigenvalue weighted by Crippen LogP contribution is -2.44. The molecule has 0 aliphatic carbocycles. The quantitative estimate of drug-likeness (QED) is 0.843. The number of benzene rings is 1. The van der Waals surface area contributed by atoms with E-state index in [4.69, 9.17) is 4.42 Å². The minimum Gasteiger partial charge on any atom is -0.417 e. The third-order valence-electron chi connectivity index (χ3n) is 4.25. The first kappa shape index (κ1) is 16.3. The first-order valence-corrected chi connectivity index (χ1v) is 7.85. The Hall–Kier alpha value is -2.10. The summed E-state index contributed by atoms with van der Waals surface area (Å²) in [6.07, 6.45) is 1.71. The van der Waals surface area contributed by atoms with Crippen molar-refractivity contribution in [3.63, 3.8) is 0 Å². The van der Waals surface area contributed by atoms with Gasteiger partial charge in [-0.25, -0.2) is 4.79 Å². The van der Waals surface area contributed by atoms with Crippen LogP contribution in [0.3, 0.4) is 0 Å². The van der Waals surface area contributed by atoms with Crippen LogP contribution in [0.4, 0.5) is 0 Å². The Bertz CT molecular complexity index is 710. The van der Waals surface area contributed by atoms with Crippen LogP contribution < -0.4 is 5.63 Å². The van der Waals surface area contributed by atoms with E-state index >= 15 is 0 Å². The van der Waals surface area contributed by atoms with Gasteiger partial charge in [0, 0.05) is 12.1 Å². The molecule has 0 aliphatic rings. The van der Waals surface area contributed by atoms with Gasteiger partial charge in [-0.3, -0.25) is 4.79 Å². The average Bonchev–Trinajstić information content (AvgIpc) is 2.54. The highest BCUT2D eigenvalue weighted by atomic mass is 16.4. The fourth-order valence-corrected chi connectivity index (χ4v) is 2.60. The maximum Gasteiger partial charge on any atom is 0.344 e. The molecule has 0 radical (unpaired) electrons. The Balaban J connectivity index is 2.49. The smallest absolute Gasteiger partial charge is 0.344 e. The van der Waals surface area contributed by atoms with Crippen LogP contribution in [0.15, 0.2) is 39.5 Å². The molecule has 0 bridgehead atoms. The van der Waals surface area contributed by atoms with Crippen molar-refractivity contribution in [1.29, 1.82) is 0 Å². The van der Waals surface area contributed by atoms with E-state index in [1.807, 2.05) is 44.7 Å². The molecule has 1 aromatic carbocycles. The molecule has 1 heterocycles. The van der Waals surface area contributed by atoms with Gasteiger partial charge >= 0.3 is 5.63 Å². The molecule has 4 heteroatoms. The summed E-state index contributed by atoms with van der Waals surface area (Å²) in [5, 5.41) is 1.23. The molecule has 1 amide bonds. The van der Waals surface area contributed by atoms with Crippen molar-refractivity contribution >= 4 is 16.7 Å². The third kappa shape index (κ3) is 3.06. The molecule has 2 aromatic rings. The van der Waals surface area contributed by atoms with Crippen LogP contribution in [0.25, 0.3) is 10.8 Å². The number of carbonyl (C=O) groups excluding carboxylic acids is 1. The summed E-state index contributed by atoms with van der Waals surface area (Å²) >= 11 is 0. The van der Waals surface area contributed by atoms with Gasteiger partial charge in [-0.1, -0.05) is 32.0 Å². The minimum atomic E-state index is -0.463. The van der Waals surface area contributed by atoms with Crippen LogP contribution in [-0.2, 0) is 0 Å². The third-order valence-corrected chi connectivity index (χ3v) is 4.25. The number of hydrogen-bond donors (Lipinski definition) is 0. The highest BCUT2D eigenvalue weighted by molar-refractivity contribution is 5.95. The van der Waals surface area contributed by atoms with E-state index in [1.54, 1.807) is 18.2 Å². The number of hydrogen-bond acceptors (Lipinski definition) is 3. The van der Waals surface area contributed by atoms with Crippen LogP contribution in [-0.4, -0.2) is 22.9 Å². The molecule has 0 saturated heterocycles. The second-order valence-electron chi connectivity index (χ2n) is 5.71. The SMILES string of the molecule is CC[C@@H](C)N(C(=O)c1cc2ccccc2c(=O)o1)[C@@H](C)CC. The monoisotopic (exact) mass is 301 g/mol. The number of fused-ring (bicyclic) bond motifs is 1. The second kappa shape index (κ2) is 6.77. The molecular weight excluding hydrogens is 278 g/mol. The Labute approximate surface area is 130 Å². The van der Waals surface area contributed by atoms with E-state index < -0.39 is 5.63 Å². The first-order chi connectivity index (χ1) is 10.5. The van der Waals surface area contributed by atoms with E-state index in [0.29, 0.717) is 5.39 Å². The van der Waals surface area contributed by atoms with Crippen molar-refractivity contribution in [2.45, 2.75) is 52.6 Å². The second-order valence-corrected chi connectivity index (χ2v) is 5.71. The van der Waals surface area contributed by atoms with E-state index in [9.17, 15) is 9.59 Å². The first-order valence-electron chi connectivity index (χ1n) is 7.85. The zero-order valence-corrected chi connectivity index (χ0v) is 13.6. The highest BCUT2D eigenvalue weighted by Crippen LogP contribution is 2.18. The lowest BCUT2D eigenvalue weighted by atomic mass is 10.1. The van der Waals surface area contributed by atoms with Crippen molar-refractivity contribution in [2.75, 3.05) is 0 Å². The van der Waals surface area contributed by atoms with Gasteiger partial charge in [0.05, 0.1) is 5.39 Å². The fourth-order valence-electron chi connectivity index (χ4n) is 2.60. The van der Waals surface area contributed by atoms with Crippen LogP contribution in [0.5, 0.6) is 0 Å². The number of nitrogens with zero attached hydrogens (tertiary/aromatic N) is 1. The Kier molecular flexibility index (Phi) is 5.01. The van der Waals surface area contributed by atoms with Gasteiger partial charge in [-0.2, -0.15) is 0 Å². The molecule has 0 aliphatic heterocycles. The van der Waals surface area contributed by atoms with Crippen molar-refractivity contribution in [3.8, 4) is 0 Å². The molecule has 2 rings (SSSR count).